The number of nitrogens with two attached hydrogens (primary N) is 1. The Bertz CT molecular complexity index is 277. The monoisotopic (exact) mass is 182 g/mol. The van der Waals surface area contributed by atoms with E-state index in [4.69, 9.17) is 5.73 Å². The fourth-order valence-electron chi connectivity index (χ4n) is 1.46. The molecule has 0 aliphatic rings. The first-order valence-electron chi connectivity index (χ1n) is 4.74. The number of rotatable bonds is 3. The standard InChI is InChI=1S/C9H18N4/c1-5-8(10)9-12-11-7(4)13(9)6(2)3/h6,8H,5,10H2,1-4H3/t8-/m0/s1. The van der Waals surface area contributed by atoms with Crippen LogP contribution in [0.4, 0.5) is 0 Å². The quantitative estimate of drug-likeness (QED) is 0.772. The van der Waals surface area contributed by atoms with E-state index in [-0.39, 0.29) is 6.04 Å². The topological polar surface area (TPSA) is 56.7 Å². The van der Waals surface area contributed by atoms with Gasteiger partial charge in [-0.15, -0.1) is 10.2 Å². The molecule has 0 aliphatic heterocycles. The van der Waals surface area contributed by atoms with Gasteiger partial charge in [0.05, 0.1) is 6.04 Å². The molecule has 13 heavy (non-hydrogen) atoms. The zero-order valence-corrected chi connectivity index (χ0v) is 8.78. The van der Waals surface area contributed by atoms with Crippen molar-refractivity contribution < 1.29 is 0 Å². The van der Waals surface area contributed by atoms with Crippen LogP contribution >= 0.6 is 0 Å². The number of nitrogens with zero attached hydrogens (tertiary/aromatic N) is 3. The van der Waals surface area contributed by atoms with E-state index in [1.54, 1.807) is 0 Å². The summed E-state index contributed by atoms with van der Waals surface area (Å²) in [5.41, 5.74) is 5.92. The maximum Gasteiger partial charge on any atom is 0.150 e. The molecular weight excluding hydrogens is 164 g/mol. The Labute approximate surface area is 79.2 Å². The third-order valence-corrected chi connectivity index (χ3v) is 2.18. The number of hydrogen-bond acceptors (Lipinski definition) is 3. The van der Waals surface area contributed by atoms with Gasteiger partial charge in [-0.1, -0.05) is 6.92 Å². The fourth-order valence-corrected chi connectivity index (χ4v) is 1.46. The van der Waals surface area contributed by atoms with E-state index in [9.17, 15) is 0 Å². The first-order chi connectivity index (χ1) is 6.07. The molecule has 0 saturated carbocycles. The molecular formula is C9H18N4. The zero-order chi connectivity index (χ0) is 10.0. The van der Waals surface area contributed by atoms with Crippen molar-refractivity contribution in [2.45, 2.75) is 46.2 Å². The smallest absolute Gasteiger partial charge is 0.150 e. The molecule has 1 atom stereocenters. The van der Waals surface area contributed by atoms with Gasteiger partial charge in [0.1, 0.15) is 11.6 Å². The zero-order valence-electron chi connectivity index (χ0n) is 8.78. The van der Waals surface area contributed by atoms with Gasteiger partial charge in [-0.3, -0.25) is 0 Å². The molecule has 0 aliphatic carbocycles. The van der Waals surface area contributed by atoms with Crippen molar-refractivity contribution in [3.05, 3.63) is 11.6 Å². The SMILES string of the molecule is CC[C@H](N)c1nnc(C)n1C(C)C. The molecule has 4 nitrogen and oxygen atoms in total. The molecule has 74 valence electrons. The lowest BCUT2D eigenvalue weighted by Gasteiger charge is -2.15. The summed E-state index contributed by atoms with van der Waals surface area (Å²) in [5.74, 6) is 1.84. The summed E-state index contributed by atoms with van der Waals surface area (Å²) < 4.78 is 2.09. The van der Waals surface area contributed by atoms with Crippen LogP contribution in [0.5, 0.6) is 0 Å². The lowest BCUT2D eigenvalue weighted by Crippen LogP contribution is -2.17. The minimum atomic E-state index is 0.00333. The molecule has 1 heterocycles. The molecule has 0 bridgehead atoms. The summed E-state index contributed by atoms with van der Waals surface area (Å²) in [6.07, 6.45) is 0.894. The summed E-state index contributed by atoms with van der Waals surface area (Å²) in [6.45, 7) is 8.24. The molecule has 0 saturated heterocycles. The molecule has 2 N–H and O–H groups in total. The van der Waals surface area contributed by atoms with Crippen molar-refractivity contribution in [2.75, 3.05) is 0 Å². The molecule has 0 spiro atoms. The van der Waals surface area contributed by atoms with Gasteiger partial charge in [-0.2, -0.15) is 0 Å². The Kier molecular flexibility index (Phi) is 3.03. The van der Waals surface area contributed by atoms with Gasteiger partial charge in [-0.25, -0.2) is 0 Å². The lowest BCUT2D eigenvalue weighted by atomic mass is 10.2. The fraction of sp³-hybridized carbons (Fsp3) is 0.778. The predicted molar refractivity (Wildman–Crippen MR) is 52.4 cm³/mol. The second-order valence-corrected chi connectivity index (χ2v) is 3.58. The van der Waals surface area contributed by atoms with Crippen molar-refractivity contribution in [1.29, 1.82) is 0 Å². The van der Waals surface area contributed by atoms with Crippen molar-refractivity contribution in [3.8, 4) is 0 Å². The summed E-state index contributed by atoms with van der Waals surface area (Å²) in [6, 6.07) is 0.381. The van der Waals surface area contributed by atoms with Crippen LogP contribution in [0.25, 0.3) is 0 Å². The van der Waals surface area contributed by atoms with E-state index in [0.29, 0.717) is 6.04 Å². The van der Waals surface area contributed by atoms with Crippen molar-refractivity contribution in [1.82, 2.24) is 14.8 Å². The summed E-state index contributed by atoms with van der Waals surface area (Å²) in [7, 11) is 0. The Morgan fingerprint density at radius 2 is 2.00 bits per heavy atom. The highest BCUT2D eigenvalue weighted by atomic mass is 15.3. The minimum absolute atomic E-state index is 0.00333. The van der Waals surface area contributed by atoms with Crippen LogP contribution in [0.2, 0.25) is 0 Å². The first kappa shape index (κ1) is 10.2. The Morgan fingerprint density at radius 3 is 2.46 bits per heavy atom. The molecule has 1 aromatic heterocycles. The van der Waals surface area contributed by atoms with E-state index in [1.807, 2.05) is 6.92 Å². The van der Waals surface area contributed by atoms with E-state index < -0.39 is 0 Å². The van der Waals surface area contributed by atoms with E-state index in [1.165, 1.54) is 0 Å². The predicted octanol–water partition coefficient (Wildman–Crippen LogP) is 1.58. The summed E-state index contributed by atoms with van der Waals surface area (Å²) in [4.78, 5) is 0. The highest BCUT2D eigenvalue weighted by Gasteiger charge is 2.16. The maximum atomic E-state index is 5.92. The Balaban J connectivity index is 3.07. The molecule has 0 radical (unpaired) electrons. The van der Waals surface area contributed by atoms with Gasteiger partial charge < -0.3 is 10.3 Å². The van der Waals surface area contributed by atoms with Crippen molar-refractivity contribution in [3.63, 3.8) is 0 Å². The van der Waals surface area contributed by atoms with Crippen LogP contribution in [0, 0.1) is 6.92 Å². The van der Waals surface area contributed by atoms with Gasteiger partial charge in [-0.05, 0) is 27.2 Å². The highest BCUT2D eigenvalue weighted by Crippen LogP contribution is 2.17. The van der Waals surface area contributed by atoms with Gasteiger partial charge in [0.15, 0.2) is 0 Å². The van der Waals surface area contributed by atoms with E-state index >= 15 is 0 Å². The molecule has 1 aromatic rings. The summed E-state index contributed by atoms with van der Waals surface area (Å²) in [5, 5.41) is 8.14. The normalized spacial score (nSPS) is 13.7. The Hall–Kier alpha value is -0.900. The van der Waals surface area contributed by atoms with Crippen LogP contribution in [0.1, 0.15) is 50.9 Å². The lowest BCUT2D eigenvalue weighted by molar-refractivity contribution is 0.514. The molecule has 4 heteroatoms. The number of hydrogen-bond donors (Lipinski definition) is 1. The average molecular weight is 182 g/mol. The van der Waals surface area contributed by atoms with Crippen LogP contribution in [-0.4, -0.2) is 14.8 Å². The van der Waals surface area contributed by atoms with Crippen molar-refractivity contribution in [2.24, 2.45) is 5.73 Å². The van der Waals surface area contributed by atoms with Crippen LogP contribution in [0.15, 0.2) is 0 Å². The minimum Gasteiger partial charge on any atom is -0.321 e. The van der Waals surface area contributed by atoms with Crippen molar-refractivity contribution >= 4 is 0 Å². The molecule has 0 unspecified atom stereocenters. The third-order valence-electron chi connectivity index (χ3n) is 2.18. The number of aromatic nitrogens is 3. The van der Waals surface area contributed by atoms with Crippen LogP contribution < -0.4 is 5.73 Å². The highest BCUT2D eigenvalue weighted by molar-refractivity contribution is 5.00. The second-order valence-electron chi connectivity index (χ2n) is 3.58. The average Bonchev–Trinajstić information content (AvgIpc) is 2.45. The second kappa shape index (κ2) is 3.87. The first-order valence-corrected chi connectivity index (χ1v) is 4.74. The van der Waals surface area contributed by atoms with E-state index in [2.05, 4.69) is 35.5 Å². The third kappa shape index (κ3) is 1.88. The van der Waals surface area contributed by atoms with Crippen LogP contribution in [0.3, 0.4) is 0 Å². The molecule has 0 fully saturated rings. The molecule has 1 rings (SSSR count). The van der Waals surface area contributed by atoms with E-state index in [0.717, 1.165) is 18.1 Å². The van der Waals surface area contributed by atoms with Gasteiger partial charge in [0.2, 0.25) is 0 Å². The molecule has 0 amide bonds. The number of aryl methyl sites for hydroxylation is 1. The largest absolute Gasteiger partial charge is 0.321 e. The Morgan fingerprint density at radius 1 is 1.38 bits per heavy atom. The van der Waals surface area contributed by atoms with Crippen LogP contribution in [-0.2, 0) is 0 Å². The maximum absolute atomic E-state index is 5.92. The van der Waals surface area contributed by atoms with Gasteiger partial charge in [0.25, 0.3) is 0 Å². The van der Waals surface area contributed by atoms with Gasteiger partial charge >= 0.3 is 0 Å². The molecule has 0 aromatic carbocycles. The van der Waals surface area contributed by atoms with Gasteiger partial charge in [0, 0.05) is 6.04 Å². The summed E-state index contributed by atoms with van der Waals surface area (Å²) >= 11 is 0.